The maximum Gasteiger partial charge on any atom is 0.348 e. The summed E-state index contributed by atoms with van der Waals surface area (Å²) >= 11 is 1.51. The average Bonchev–Trinajstić information content (AvgIpc) is 3.25. The molecule has 3 aromatic rings. The normalized spacial score (nSPS) is 15.6. The summed E-state index contributed by atoms with van der Waals surface area (Å²) in [6, 6.07) is 20.2. The fraction of sp³-hybridized carbons (Fsp3) is 0.346. The van der Waals surface area contributed by atoms with Crippen molar-refractivity contribution in [1.29, 1.82) is 0 Å². The molecule has 156 valence electrons. The Kier molecular flexibility index (Phi) is 6.53. The molecular weight excluding hydrogens is 392 g/mol. The zero-order chi connectivity index (χ0) is 20.9. The predicted octanol–water partition coefficient (Wildman–Crippen LogP) is 7.27. The van der Waals surface area contributed by atoms with Crippen molar-refractivity contribution in [2.45, 2.75) is 45.6 Å². The highest BCUT2D eigenvalue weighted by Gasteiger charge is 2.31. The Hall–Kier alpha value is -2.59. The molecule has 0 N–H and O–H groups in total. The number of hydrogen-bond donors (Lipinski definition) is 0. The van der Waals surface area contributed by atoms with Gasteiger partial charge in [-0.2, -0.15) is 0 Å². The molecule has 0 spiro atoms. The minimum Gasteiger partial charge on any atom is -0.480 e. The SMILES string of the molecule is CCCCC(CC)COC(=O)c1cc2c(s1)-c1ccccc1OC2c1ccccc1. The van der Waals surface area contributed by atoms with E-state index < -0.39 is 0 Å². The van der Waals surface area contributed by atoms with E-state index in [2.05, 4.69) is 32.0 Å². The highest BCUT2D eigenvalue weighted by Crippen LogP contribution is 2.48. The fourth-order valence-electron chi connectivity index (χ4n) is 3.90. The van der Waals surface area contributed by atoms with Gasteiger partial charge in [-0.25, -0.2) is 4.79 Å². The lowest BCUT2D eigenvalue weighted by Crippen LogP contribution is -2.14. The second-order valence-corrected chi connectivity index (χ2v) is 8.87. The molecule has 0 radical (unpaired) electrons. The number of rotatable bonds is 8. The van der Waals surface area contributed by atoms with Crippen molar-refractivity contribution >= 4 is 17.3 Å². The van der Waals surface area contributed by atoms with Gasteiger partial charge in [0.2, 0.25) is 0 Å². The Morgan fingerprint density at radius 3 is 2.63 bits per heavy atom. The molecule has 0 saturated heterocycles. The second-order valence-electron chi connectivity index (χ2n) is 7.81. The number of hydrogen-bond acceptors (Lipinski definition) is 4. The first-order valence-electron chi connectivity index (χ1n) is 10.8. The monoisotopic (exact) mass is 420 g/mol. The van der Waals surface area contributed by atoms with Crippen molar-refractivity contribution < 1.29 is 14.3 Å². The van der Waals surface area contributed by atoms with Crippen LogP contribution in [0, 0.1) is 5.92 Å². The predicted molar refractivity (Wildman–Crippen MR) is 122 cm³/mol. The van der Waals surface area contributed by atoms with Crippen molar-refractivity contribution in [3.8, 4) is 16.2 Å². The lowest BCUT2D eigenvalue weighted by Gasteiger charge is -2.26. The van der Waals surface area contributed by atoms with Crippen LogP contribution >= 0.6 is 11.3 Å². The van der Waals surface area contributed by atoms with Gasteiger partial charge >= 0.3 is 5.97 Å². The van der Waals surface area contributed by atoms with Crippen LogP contribution in [-0.4, -0.2) is 12.6 Å². The topological polar surface area (TPSA) is 35.5 Å². The number of thiophene rings is 1. The summed E-state index contributed by atoms with van der Waals surface area (Å²) in [5, 5.41) is 0. The van der Waals surface area contributed by atoms with Crippen LogP contribution in [0.3, 0.4) is 0 Å². The highest BCUT2D eigenvalue weighted by atomic mass is 32.1. The van der Waals surface area contributed by atoms with E-state index >= 15 is 0 Å². The standard InChI is InChI=1S/C26H28O3S/c1-3-5-11-18(4-2)17-28-26(27)23-16-21-24(19-12-7-6-8-13-19)29-22-15-10-9-14-20(22)25(21)30-23/h6-10,12-16,18,24H,3-5,11,17H2,1-2H3. The van der Waals surface area contributed by atoms with Crippen molar-refractivity contribution in [3.05, 3.63) is 76.7 Å². The summed E-state index contributed by atoms with van der Waals surface area (Å²) in [7, 11) is 0. The largest absolute Gasteiger partial charge is 0.480 e. The van der Waals surface area contributed by atoms with Crippen molar-refractivity contribution in [2.24, 2.45) is 5.92 Å². The molecule has 3 nitrogen and oxygen atoms in total. The first kappa shape index (κ1) is 20.7. The summed E-state index contributed by atoms with van der Waals surface area (Å²) in [6.45, 7) is 4.85. The van der Waals surface area contributed by atoms with E-state index in [1.165, 1.54) is 24.2 Å². The van der Waals surface area contributed by atoms with E-state index in [1.54, 1.807) is 0 Å². The lowest BCUT2D eigenvalue weighted by atomic mass is 9.96. The van der Waals surface area contributed by atoms with Crippen LogP contribution in [0.4, 0.5) is 0 Å². The van der Waals surface area contributed by atoms with Gasteiger partial charge in [-0.1, -0.05) is 75.6 Å². The summed E-state index contributed by atoms with van der Waals surface area (Å²) < 4.78 is 12.1. The van der Waals surface area contributed by atoms with E-state index in [0.717, 1.165) is 40.2 Å². The molecule has 1 aliphatic rings. The molecule has 2 unspecified atom stereocenters. The van der Waals surface area contributed by atoms with Gasteiger partial charge < -0.3 is 9.47 Å². The smallest absolute Gasteiger partial charge is 0.348 e. The molecule has 1 aromatic heterocycles. The van der Waals surface area contributed by atoms with Crippen LogP contribution in [-0.2, 0) is 4.74 Å². The molecule has 4 heteroatoms. The summed E-state index contributed by atoms with van der Waals surface area (Å²) in [5.41, 5.74) is 3.16. The quantitative estimate of drug-likeness (QED) is 0.359. The van der Waals surface area contributed by atoms with Crippen molar-refractivity contribution in [3.63, 3.8) is 0 Å². The Labute approximate surface area is 182 Å². The third-order valence-corrected chi connectivity index (χ3v) is 6.88. The van der Waals surface area contributed by atoms with Crippen LogP contribution < -0.4 is 4.74 Å². The van der Waals surface area contributed by atoms with Gasteiger partial charge in [-0.05, 0) is 36.1 Å². The molecule has 0 bridgehead atoms. The number of esters is 1. The molecule has 30 heavy (non-hydrogen) atoms. The van der Waals surface area contributed by atoms with Gasteiger partial charge in [0, 0.05) is 16.0 Å². The molecule has 2 atom stereocenters. The number of fused-ring (bicyclic) bond motifs is 3. The lowest BCUT2D eigenvalue weighted by molar-refractivity contribution is 0.0434. The fourth-order valence-corrected chi connectivity index (χ4v) is 5.01. The number of carbonyl (C=O) groups is 1. The van der Waals surface area contributed by atoms with E-state index in [4.69, 9.17) is 9.47 Å². The molecule has 1 aliphatic heterocycles. The maximum atomic E-state index is 12.9. The second kappa shape index (κ2) is 9.48. The Balaban J connectivity index is 1.61. The van der Waals surface area contributed by atoms with Crippen molar-refractivity contribution in [1.82, 2.24) is 0 Å². The van der Waals surface area contributed by atoms with Crippen LogP contribution in [0.2, 0.25) is 0 Å². The number of unbranched alkanes of at least 4 members (excludes halogenated alkanes) is 1. The van der Waals surface area contributed by atoms with Gasteiger partial charge in [0.1, 0.15) is 10.6 Å². The third kappa shape index (κ3) is 4.29. The third-order valence-electron chi connectivity index (χ3n) is 5.72. The Bertz CT molecular complexity index is 993. The van der Waals surface area contributed by atoms with E-state index in [9.17, 15) is 4.79 Å². The van der Waals surface area contributed by atoms with Gasteiger partial charge in [0.25, 0.3) is 0 Å². The summed E-state index contributed by atoms with van der Waals surface area (Å²) in [5.74, 6) is 1.06. The van der Waals surface area contributed by atoms with E-state index in [-0.39, 0.29) is 12.1 Å². The summed E-state index contributed by atoms with van der Waals surface area (Å²) in [6.07, 6.45) is 4.27. The molecular formula is C26H28O3S. The average molecular weight is 421 g/mol. The molecule has 0 fully saturated rings. The number of carbonyl (C=O) groups excluding carboxylic acids is 1. The molecule has 0 saturated carbocycles. The van der Waals surface area contributed by atoms with Gasteiger partial charge in [0.15, 0.2) is 6.10 Å². The molecule has 4 rings (SSSR count). The highest BCUT2D eigenvalue weighted by molar-refractivity contribution is 7.17. The molecule has 0 amide bonds. The molecule has 0 aliphatic carbocycles. The first-order valence-corrected chi connectivity index (χ1v) is 11.6. The number of para-hydroxylation sites is 1. The van der Waals surface area contributed by atoms with Gasteiger partial charge in [-0.3, -0.25) is 0 Å². The Morgan fingerprint density at radius 1 is 1.10 bits per heavy atom. The minimum absolute atomic E-state index is 0.221. The minimum atomic E-state index is -0.228. The van der Waals surface area contributed by atoms with Crippen molar-refractivity contribution in [2.75, 3.05) is 6.61 Å². The van der Waals surface area contributed by atoms with E-state index in [0.29, 0.717) is 17.4 Å². The molecule has 2 heterocycles. The first-order chi connectivity index (χ1) is 14.7. The molecule has 2 aromatic carbocycles. The number of ether oxygens (including phenoxy) is 2. The maximum absolute atomic E-state index is 12.9. The van der Waals surface area contributed by atoms with E-state index in [1.807, 2.05) is 42.5 Å². The zero-order valence-corrected chi connectivity index (χ0v) is 18.4. The van der Waals surface area contributed by atoms with Crippen LogP contribution in [0.5, 0.6) is 5.75 Å². The van der Waals surface area contributed by atoms with Crippen LogP contribution in [0.1, 0.15) is 66.4 Å². The van der Waals surface area contributed by atoms with Gasteiger partial charge in [0.05, 0.1) is 6.61 Å². The zero-order valence-electron chi connectivity index (χ0n) is 17.6. The van der Waals surface area contributed by atoms with Crippen LogP contribution in [0.25, 0.3) is 10.4 Å². The van der Waals surface area contributed by atoms with Crippen LogP contribution in [0.15, 0.2) is 60.7 Å². The number of benzene rings is 2. The van der Waals surface area contributed by atoms with Gasteiger partial charge in [-0.15, -0.1) is 11.3 Å². The Morgan fingerprint density at radius 2 is 1.87 bits per heavy atom. The summed E-state index contributed by atoms with van der Waals surface area (Å²) in [4.78, 5) is 14.6.